The zero-order valence-corrected chi connectivity index (χ0v) is 18.5. The monoisotopic (exact) mass is 408 g/mol. The fourth-order valence-corrected chi connectivity index (χ4v) is 2.97. The van der Waals surface area contributed by atoms with Gasteiger partial charge in [-0.2, -0.15) is 11.8 Å². The molecule has 0 aromatic rings. The van der Waals surface area contributed by atoms with Crippen LogP contribution in [-0.4, -0.2) is 69.4 Å². The number of amides is 2. The summed E-state index contributed by atoms with van der Waals surface area (Å²) in [5, 5.41) is 25.4. The Kier molecular flexibility index (Phi) is 10.5. The molecule has 8 nitrogen and oxygen atoms in total. The molecule has 0 saturated heterocycles. The van der Waals surface area contributed by atoms with Crippen LogP contribution >= 0.6 is 11.8 Å². The summed E-state index contributed by atoms with van der Waals surface area (Å²) in [6.45, 7) is 13.9. The molecule has 0 aliphatic carbocycles. The minimum atomic E-state index is -0.802. The second-order valence-corrected chi connectivity index (χ2v) is 9.62. The molecule has 0 aliphatic rings. The van der Waals surface area contributed by atoms with E-state index in [2.05, 4.69) is 10.6 Å². The number of hydrogen-bond acceptors (Lipinski definition) is 7. The van der Waals surface area contributed by atoms with Crippen LogP contribution in [0.3, 0.4) is 0 Å². The molecule has 0 saturated carbocycles. The van der Waals surface area contributed by atoms with Crippen molar-refractivity contribution >= 4 is 23.9 Å². The smallest absolute Gasteiger partial charge is 0.407 e. The Morgan fingerprint density at radius 1 is 0.815 bits per heavy atom. The van der Waals surface area contributed by atoms with E-state index in [0.717, 1.165) is 0 Å². The number of aliphatic hydroxyl groups is 2. The van der Waals surface area contributed by atoms with Crippen LogP contribution in [0.15, 0.2) is 0 Å². The highest BCUT2D eigenvalue weighted by atomic mass is 32.2. The van der Waals surface area contributed by atoms with E-state index in [4.69, 9.17) is 9.47 Å². The lowest BCUT2D eigenvalue weighted by molar-refractivity contribution is 0.0446. The molecule has 0 unspecified atom stereocenters. The average molecular weight is 409 g/mol. The molecule has 9 heteroatoms. The average Bonchev–Trinajstić information content (AvgIpc) is 2.42. The first-order valence-electron chi connectivity index (χ1n) is 9.03. The van der Waals surface area contributed by atoms with Gasteiger partial charge in [-0.3, -0.25) is 0 Å². The van der Waals surface area contributed by atoms with Crippen LogP contribution in [0, 0.1) is 0 Å². The zero-order chi connectivity index (χ0) is 21.4. The molecule has 0 spiro atoms. The zero-order valence-electron chi connectivity index (χ0n) is 17.7. The fourth-order valence-electron chi connectivity index (χ4n) is 1.78. The van der Waals surface area contributed by atoms with Gasteiger partial charge in [0.1, 0.15) is 11.2 Å². The number of rotatable bonds is 8. The maximum Gasteiger partial charge on any atom is 0.407 e. The van der Waals surface area contributed by atoms with E-state index in [1.807, 2.05) is 0 Å². The Hall–Kier alpha value is -1.19. The number of carbonyl (C=O) groups excluding carboxylic acids is 2. The van der Waals surface area contributed by atoms with Crippen LogP contribution in [0.4, 0.5) is 9.59 Å². The summed E-state index contributed by atoms with van der Waals surface area (Å²) in [6.07, 6.45) is -2.78. The third kappa shape index (κ3) is 13.6. The lowest BCUT2D eigenvalue weighted by Gasteiger charge is -2.25. The first-order valence-corrected chi connectivity index (χ1v) is 10.2. The Morgan fingerprint density at radius 2 is 1.11 bits per heavy atom. The Bertz CT molecular complexity index is 433. The molecule has 0 radical (unpaired) electrons. The van der Waals surface area contributed by atoms with Crippen LogP contribution in [0.25, 0.3) is 0 Å². The van der Waals surface area contributed by atoms with Crippen molar-refractivity contribution in [2.45, 2.75) is 90.9 Å². The lowest BCUT2D eigenvalue weighted by Crippen LogP contribution is -2.45. The van der Waals surface area contributed by atoms with Gasteiger partial charge >= 0.3 is 12.2 Å². The molecule has 4 atom stereocenters. The van der Waals surface area contributed by atoms with Gasteiger partial charge in [0.2, 0.25) is 0 Å². The normalized spacial score (nSPS) is 16.7. The van der Waals surface area contributed by atoms with Crippen LogP contribution < -0.4 is 10.6 Å². The van der Waals surface area contributed by atoms with Gasteiger partial charge in [-0.1, -0.05) is 0 Å². The Morgan fingerprint density at radius 3 is 1.37 bits per heavy atom. The summed E-state index contributed by atoms with van der Waals surface area (Å²) in [4.78, 5) is 23.4. The molecule has 0 aromatic heterocycles. The standard InChI is InChI=1S/C18H36N2O6S/c1-11(19-15(23)25-17(3,4)5)13(21)9-27-10-14(22)12(2)20-16(24)26-18(6,7)8/h11-14,21-22H,9-10H2,1-8H3,(H,19,23)(H,20,24)/t11-,12-,13-,14-/m0/s1. The number of alkyl carbamates (subject to hydrolysis) is 2. The molecular weight excluding hydrogens is 372 g/mol. The largest absolute Gasteiger partial charge is 0.444 e. The van der Waals surface area contributed by atoms with Gasteiger partial charge in [-0.15, -0.1) is 0 Å². The lowest BCUT2D eigenvalue weighted by atomic mass is 10.2. The van der Waals surface area contributed by atoms with Gasteiger partial charge in [-0.25, -0.2) is 9.59 Å². The molecule has 160 valence electrons. The van der Waals surface area contributed by atoms with Crippen molar-refractivity contribution in [2.75, 3.05) is 11.5 Å². The van der Waals surface area contributed by atoms with E-state index < -0.39 is 47.7 Å². The number of ether oxygens (including phenoxy) is 2. The minimum absolute atomic E-state index is 0.313. The van der Waals surface area contributed by atoms with E-state index in [1.54, 1.807) is 55.4 Å². The van der Waals surface area contributed by atoms with Crippen LogP contribution in [0.1, 0.15) is 55.4 Å². The van der Waals surface area contributed by atoms with Crippen LogP contribution in [-0.2, 0) is 9.47 Å². The predicted molar refractivity (Wildman–Crippen MR) is 107 cm³/mol. The first kappa shape index (κ1) is 25.8. The maximum atomic E-state index is 11.7. The Labute approximate surface area is 166 Å². The van der Waals surface area contributed by atoms with E-state index in [-0.39, 0.29) is 0 Å². The Balaban J connectivity index is 4.18. The van der Waals surface area contributed by atoms with E-state index in [0.29, 0.717) is 11.5 Å². The number of hydrogen-bond donors (Lipinski definition) is 4. The second-order valence-electron chi connectivity index (χ2n) is 8.54. The highest BCUT2D eigenvalue weighted by molar-refractivity contribution is 7.99. The van der Waals surface area contributed by atoms with Crippen molar-refractivity contribution in [1.82, 2.24) is 10.6 Å². The number of thioether (sulfide) groups is 1. The van der Waals surface area contributed by atoms with Crippen molar-refractivity contribution in [3.8, 4) is 0 Å². The predicted octanol–water partition coefficient (Wildman–Crippen LogP) is 2.27. The van der Waals surface area contributed by atoms with Gasteiger partial charge in [0.15, 0.2) is 0 Å². The molecular formula is C18H36N2O6S. The quantitative estimate of drug-likeness (QED) is 0.487. The molecule has 0 heterocycles. The van der Waals surface area contributed by atoms with Gasteiger partial charge in [-0.05, 0) is 55.4 Å². The summed E-state index contributed by atoms with van der Waals surface area (Å²) < 4.78 is 10.3. The molecule has 0 fully saturated rings. The van der Waals surface area contributed by atoms with Crippen molar-refractivity contribution < 1.29 is 29.3 Å². The maximum absolute atomic E-state index is 11.7. The second kappa shape index (κ2) is 11.0. The molecule has 2 amide bonds. The van der Waals surface area contributed by atoms with Crippen molar-refractivity contribution in [3.05, 3.63) is 0 Å². The van der Waals surface area contributed by atoms with E-state index in [9.17, 15) is 19.8 Å². The van der Waals surface area contributed by atoms with Crippen molar-refractivity contribution in [2.24, 2.45) is 0 Å². The number of carbonyl (C=O) groups is 2. The van der Waals surface area contributed by atoms with E-state index in [1.165, 1.54) is 11.8 Å². The van der Waals surface area contributed by atoms with Gasteiger partial charge in [0.25, 0.3) is 0 Å². The molecule has 0 bridgehead atoms. The molecule has 0 rings (SSSR count). The van der Waals surface area contributed by atoms with Gasteiger partial charge in [0, 0.05) is 11.5 Å². The summed E-state index contributed by atoms with van der Waals surface area (Å²) in [6, 6.07) is -0.997. The molecule has 0 aliphatic heterocycles. The minimum Gasteiger partial charge on any atom is -0.444 e. The fraction of sp³-hybridized carbons (Fsp3) is 0.889. The topological polar surface area (TPSA) is 117 Å². The third-order valence-electron chi connectivity index (χ3n) is 3.22. The van der Waals surface area contributed by atoms with Crippen molar-refractivity contribution in [1.29, 1.82) is 0 Å². The number of aliphatic hydroxyl groups excluding tert-OH is 2. The van der Waals surface area contributed by atoms with Gasteiger partial charge < -0.3 is 30.3 Å². The van der Waals surface area contributed by atoms with Crippen molar-refractivity contribution in [3.63, 3.8) is 0 Å². The van der Waals surface area contributed by atoms with Crippen LogP contribution in [0.5, 0.6) is 0 Å². The summed E-state index contributed by atoms with van der Waals surface area (Å²) >= 11 is 1.32. The summed E-state index contributed by atoms with van der Waals surface area (Å²) in [7, 11) is 0. The first-order chi connectivity index (χ1) is 12.1. The summed E-state index contributed by atoms with van der Waals surface area (Å²) in [5.74, 6) is 0.625. The SMILES string of the molecule is C[C@H](NC(=O)OC(C)(C)C)[C@@H](O)CSC[C@H](O)[C@H](C)NC(=O)OC(C)(C)C. The highest BCUT2D eigenvalue weighted by Gasteiger charge is 2.24. The summed E-state index contributed by atoms with van der Waals surface area (Å²) in [5.41, 5.74) is -1.21. The molecule has 4 N–H and O–H groups in total. The van der Waals surface area contributed by atoms with Gasteiger partial charge in [0.05, 0.1) is 24.3 Å². The molecule has 27 heavy (non-hydrogen) atoms. The van der Waals surface area contributed by atoms with E-state index >= 15 is 0 Å². The molecule has 0 aromatic carbocycles. The number of nitrogens with one attached hydrogen (secondary N) is 2. The third-order valence-corrected chi connectivity index (χ3v) is 4.37. The highest BCUT2D eigenvalue weighted by Crippen LogP contribution is 2.12. The van der Waals surface area contributed by atoms with Crippen LogP contribution in [0.2, 0.25) is 0 Å².